The minimum absolute atomic E-state index is 0.236. The zero-order valence-corrected chi connectivity index (χ0v) is 20.0. The second-order valence-electron chi connectivity index (χ2n) is 7.95. The number of para-hydroxylation sites is 2. The quantitative estimate of drug-likeness (QED) is 0.284. The Hall–Kier alpha value is -3.99. The lowest BCUT2D eigenvalue weighted by atomic mass is 9.96. The van der Waals surface area contributed by atoms with Crippen LogP contribution in [0.2, 0.25) is 0 Å². The smallest absolute Gasteiger partial charge is 0.248 e. The van der Waals surface area contributed by atoms with Crippen molar-refractivity contribution in [2.45, 2.75) is 27.7 Å². The summed E-state index contributed by atoms with van der Waals surface area (Å²) in [5, 5.41) is 3.92. The summed E-state index contributed by atoms with van der Waals surface area (Å²) in [6.45, 7) is 8.79. The molecule has 0 aliphatic rings. The number of benzene rings is 3. The number of furan rings is 1. The highest BCUT2D eigenvalue weighted by Gasteiger charge is 2.19. The van der Waals surface area contributed by atoms with Crippen molar-refractivity contribution in [3.05, 3.63) is 84.1 Å². The van der Waals surface area contributed by atoms with E-state index in [4.69, 9.17) is 13.9 Å². The number of rotatable bonds is 8. The molecule has 0 saturated carbocycles. The normalized spacial score (nSPS) is 11.5. The van der Waals surface area contributed by atoms with E-state index in [2.05, 4.69) is 17.4 Å². The molecule has 0 aliphatic carbocycles. The summed E-state index contributed by atoms with van der Waals surface area (Å²) in [7, 11) is 0. The van der Waals surface area contributed by atoms with Crippen LogP contribution in [0, 0.1) is 6.92 Å². The van der Waals surface area contributed by atoms with Crippen LogP contribution in [0.1, 0.15) is 31.9 Å². The van der Waals surface area contributed by atoms with Gasteiger partial charge in [0.2, 0.25) is 5.91 Å². The van der Waals surface area contributed by atoms with Gasteiger partial charge in [0.15, 0.2) is 0 Å². The molecule has 4 aromatic rings. The summed E-state index contributed by atoms with van der Waals surface area (Å²) in [6, 6.07) is 19.6. The third kappa shape index (κ3) is 4.69. The predicted octanol–water partition coefficient (Wildman–Crippen LogP) is 7.25. The van der Waals surface area contributed by atoms with Crippen molar-refractivity contribution < 1.29 is 18.7 Å². The van der Waals surface area contributed by atoms with E-state index in [-0.39, 0.29) is 5.91 Å². The molecule has 0 atom stereocenters. The highest BCUT2D eigenvalue weighted by Crippen LogP contribution is 2.40. The molecule has 4 rings (SSSR count). The lowest BCUT2D eigenvalue weighted by Gasteiger charge is -2.15. The summed E-state index contributed by atoms with van der Waals surface area (Å²) < 4.78 is 17.6. The lowest BCUT2D eigenvalue weighted by molar-refractivity contribution is -0.111. The molecule has 34 heavy (non-hydrogen) atoms. The van der Waals surface area contributed by atoms with Crippen LogP contribution in [0.25, 0.3) is 27.7 Å². The van der Waals surface area contributed by atoms with Crippen LogP contribution in [0.4, 0.5) is 5.69 Å². The number of carbonyl (C=O) groups excluding carboxylic acids is 1. The molecule has 0 saturated heterocycles. The van der Waals surface area contributed by atoms with Gasteiger partial charge in [0, 0.05) is 28.2 Å². The molecule has 3 aromatic carbocycles. The number of allylic oxidation sites excluding steroid dienone is 1. The maximum atomic E-state index is 12.9. The van der Waals surface area contributed by atoms with E-state index in [1.54, 1.807) is 12.3 Å². The fourth-order valence-electron chi connectivity index (χ4n) is 4.07. The number of carbonyl (C=O) groups is 1. The molecule has 1 heterocycles. The Balaban J connectivity index is 1.75. The minimum atomic E-state index is -0.236. The Labute approximate surface area is 200 Å². The number of hydrogen-bond donors (Lipinski definition) is 1. The Kier molecular flexibility index (Phi) is 7.02. The summed E-state index contributed by atoms with van der Waals surface area (Å²) in [5.74, 6) is 1.13. The average molecular weight is 456 g/mol. The number of aryl methyl sites for hydroxylation is 1. The first-order valence-corrected chi connectivity index (χ1v) is 11.5. The largest absolute Gasteiger partial charge is 0.493 e. The van der Waals surface area contributed by atoms with Crippen LogP contribution in [0.5, 0.6) is 11.5 Å². The summed E-state index contributed by atoms with van der Waals surface area (Å²) >= 11 is 0. The fraction of sp³-hybridized carbons (Fsp3) is 0.207. The van der Waals surface area contributed by atoms with Gasteiger partial charge in [-0.25, -0.2) is 0 Å². The SMILES string of the molecule is CCOc1ccccc1NC(=O)/C=C(\C)c1cc2c(-c3ccccc3)coc2c(C)c1OCC. The molecule has 0 fully saturated rings. The topological polar surface area (TPSA) is 60.7 Å². The molecule has 0 spiro atoms. The highest BCUT2D eigenvalue weighted by molar-refractivity contribution is 6.06. The minimum Gasteiger partial charge on any atom is -0.493 e. The average Bonchev–Trinajstić information content (AvgIpc) is 3.27. The Bertz CT molecular complexity index is 1340. The molecule has 1 N–H and O–H groups in total. The highest BCUT2D eigenvalue weighted by atomic mass is 16.5. The van der Waals surface area contributed by atoms with Crippen molar-refractivity contribution in [2.75, 3.05) is 18.5 Å². The number of anilines is 1. The first-order chi connectivity index (χ1) is 16.5. The number of amides is 1. The monoisotopic (exact) mass is 455 g/mol. The van der Waals surface area contributed by atoms with E-state index in [1.165, 1.54) is 0 Å². The Morgan fingerprint density at radius 2 is 1.71 bits per heavy atom. The Morgan fingerprint density at radius 1 is 1.00 bits per heavy atom. The fourth-order valence-corrected chi connectivity index (χ4v) is 4.07. The molecule has 5 nitrogen and oxygen atoms in total. The zero-order valence-electron chi connectivity index (χ0n) is 20.0. The number of hydrogen-bond acceptors (Lipinski definition) is 4. The van der Waals surface area contributed by atoms with Gasteiger partial charge >= 0.3 is 0 Å². The van der Waals surface area contributed by atoms with Crippen molar-refractivity contribution in [3.63, 3.8) is 0 Å². The second kappa shape index (κ2) is 10.3. The van der Waals surface area contributed by atoms with Gasteiger partial charge in [-0.05, 0) is 57.0 Å². The summed E-state index contributed by atoms with van der Waals surface area (Å²) in [4.78, 5) is 12.9. The van der Waals surface area contributed by atoms with Crippen LogP contribution < -0.4 is 14.8 Å². The molecule has 5 heteroatoms. The van der Waals surface area contributed by atoms with Crippen molar-refractivity contribution in [1.82, 2.24) is 0 Å². The standard InChI is InChI=1S/C29H29NO4/c1-5-32-26-15-11-10-14-25(26)30-27(31)16-19(3)22-17-23-24(21-12-8-7-9-13-21)18-34-29(23)20(4)28(22)33-6-2/h7-18H,5-6H2,1-4H3,(H,30,31)/b19-16+. The van der Waals surface area contributed by atoms with Gasteiger partial charge in [0.1, 0.15) is 17.1 Å². The van der Waals surface area contributed by atoms with Crippen LogP contribution in [-0.2, 0) is 4.79 Å². The molecule has 0 radical (unpaired) electrons. The van der Waals surface area contributed by atoms with Crippen LogP contribution in [0.15, 0.2) is 77.4 Å². The third-order valence-electron chi connectivity index (χ3n) is 5.63. The lowest BCUT2D eigenvalue weighted by Crippen LogP contribution is -2.10. The maximum Gasteiger partial charge on any atom is 0.248 e. The second-order valence-corrected chi connectivity index (χ2v) is 7.95. The van der Waals surface area contributed by atoms with Gasteiger partial charge in [0.25, 0.3) is 0 Å². The molecular formula is C29H29NO4. The molecule has 0 unspecified atom stereocenters. The van der Waals surface area contributed by atoms with Gasteiger partial charge in [-0.1, -0.05) is 42.5 Å². The summed E-state index contributed by atoms with van der Waals surface area (Å²) in [6.07, 6.45) is 3.37. The number of nitrogens with one attached hydrogen (secondary N) is 1. The van der Waals surface area contributed by atoms with Crippen LogP contribution in [0.3, 0.4) is 0 Å². The van der Waals surface area contributed by atoms with Crippen LogP contribution in [-0.4, -0.2) is 19.1 Å². The van der Waals surface area contributed by atoms with Crippen molar-refractivity contribution in [3.8, 4) is 22.6 Å². The van der Waals surface area contributed by atoms with Gasteiger partial charge in [-0.3, -0.25) is 4.79 Å². The Morgan fingerprint density at radius 3 is 2.44 bits per heavy atom. The van der Waals surface area contributed by atoms with E-state index in [1.807, 2.05) is 76.2 Å². The molecular weight excluding hydrogens is 426 g/mol. The molecule has 174 valence electrons. The molecule has 1 amide bonds. The molecule has 0 aliphatic heterocycles. The molecule has 1 aromatic heterocycles. The third-order valence-corrected chi connectivity index (χ3v) is 5.63. The zero-order chi connectivity index (χ0) is 24.1. The van der Waals surface area contributed by atoms with E-state index < -0.39 is 0 Å². The van der Waals surface area contributed by atoms with Gasteiger partial charge in [-0.2, -0.15) is 0 Å². The predicted molar refractivity (Wildman–Crippen MR) is 137 cm³/mol. The maximum absolute atomic E-state index is 12.9. The van der Waals surface area contributed by atoms with Crippen molar-refractivity contribution in [1.29, 1.82) is 0 Å². The van der Waals surface area contributed by atoms with Gasteiger partial charge < -0.3 is 19.2 Å². The number of fused-ring (bicyclic) bond motifs is 1. The van der Waals surface area contributed by atoms with Gasteiger partial charge in [0.05, 0.1) is 25.2 Å². The van der Waals surface area contributed by atoms with E-state index in [0.29, 0.717) is 24.7 Å². The van der Waals surface area contributed by atoms with Crippen molar-refractivity contribution >= 4 is 28.1 Å². The first-order valence-electron chi connectivity index (χ1n) is 11.5. The van der Waals surface area contributed by atoms with E-state index in [0.717, 1.165) is 44.5 Å². The number of ether oxygens (including phenoxy) is 2. The van der Waals surface area contributed by atoms with E-state index >= 15 is 0 Å². The molecule has 0 bridgehead atoms. The van der Waals surface area contributed by atoms with E-state index in [9.17, 15) is 4.79 Å². The van der Waals surface area contributed by atoms with Crippen LogP contribution >= 0.6 is 0 Å². The summed E-state index contributed by atoms with van der Waals surface area (Å²) in [5.41, 5.74) is 6.06. The first kappa shape index (κ1) is 23.2. The van der Waals surface area contributed by atoms with Crippen molar-refractivity contribution in [2.24, 2.45) is 0 Å². The van der Waals surface area contributed by atoms with Gasteiger partial charge in [-0.15, -0.1) is 0 Å².